The number of hydrogen-bond donors (Lipinski definition) is 1. The lowest BCUT2D eigenvalue weighted by Crippen LogP contribution is -2.29. The lowest BCUT2D eigenvalue weighted by Gasteiger charge is -2.17. The van der Waals surface area contributed by atoms with Gasteiger partial charge in [0.25, 0.3) is 0 Å². The van der Waals surface area contributed by atoms with Gasteiger partial charge in [0, 0.05) is 23.8 Å². The average Bonchev–Trinajstić information content (AvgIpc) is 2.66. The minimum atomic E-state index is -3.50. The SMILES string of the molecule is Cc1c(N)cc(S(=O)(=O)N2CC(C)C(C)C2)cc1Cl. The summed E-state index contributed by atoms with van der Waals surface area (Å²) in [4.78, 5) is 0.182. The van der Waals surface area contributed by atoms with Crippen LogP contribution in [0.2, 0.25) is 5.02 Å². The van der Waals surface area contributed by atoms with Gasteiger partial charge in [-0.3, -0.25) is 0 Å². The van der Waals surface area contributed by atoms with Gasteiger partial charge in [-0.2, -0.15) is 4.31 Å². The molecule has 19 heavy (non-hydrogen) atoms. The van der Waals surface area contributed by atoms with Crippen molar-refractivity contribution < 1.29 is 8.42 Å². The van der Waals surface area contributed by atoms with E-state index in [9.17, 15) is 8.42 Å². The molecule has 2 unspecified atom stereocenters. The maximum Gasteiger partial charge on any atom is 0.243 e. The summed E-state index contributed by atoms with van der Waals surface area (Å²) in [7, 11) is -3.50. The van der Waals surface area contributed by atoms with E-state index < -0.39 is 10.0 Å². The molecule has 6 heteroatoms. The van der Waals surface area contributed by atoms with Crippen LogP contribution in [0.3, 0.4) is 0 Å². The highest BCUT2D eigenvalue weighted by atomic mass is 35.5. The highest BCUT2D eigenvalue weighted by Gasteiger charge is 2.35. The second-order valence-corrected chi connectivity index (χ2v) is 7.74. The molecule has 0 radical (unpaired) electrons. The Morgan fingerprint density at radius 1 is 1.26 bits per heavy atom. The fourth-order valence-corrected chi connectivity index (χ4v) is 4.24. The molecule has 0 spiro atoms. The zero-order valence-corrected chi connectivity index (χ0v) is 12.9. The summed E-state index contributed by atoms with van der Waals surface area (Å²) in [5, 5.41) is 0.388. The number of sulfonamides is 1. The Bertz CT molecular complexity index is 568. The summed E-state index contributed by atoms with van der Waals surface area (Å²) >= 11 is 6.03. The van der Waals surface area contributed by atoms with Crippen LogP contribution in [0, 0.1) is 18.8 Å². The number of rotatable bonds is 2. The van der Waals surface area contributed by atoms with Crippen molar-refractivity contribution in [1.82, 2.24) is 4.31 Å². The molecular formula is C13H19ClN2O2S. The second kappa shape index (κ2) is 4.96. The fourth-order valence-electron chi connectivity index (χ4n) is 2.25. The van der Waals surface area contributed by atoms with Crippen LogP contribution in [-0.2, 0) is 10.0 Å². The predicted molar refractivity (Wildman–Crippen MR) is 77.7 cm³/mol. The molecule has 0 bridgehead atoms. The number of anilines is 1. The summed E-state index contributed by atoms with van der Waals surface area (Å²) in [5.41, 5.74) is 6.92. The molecule has 1 aliphatic rings. The zero-order chi connectivity index (χ0) is 14.4. The van der Waals surface area contributed by atoms with Crippen molar-refractivity contribution in [2.75, 3.05) is 18.8 Å². The first-order valence-electron chi connectivity index (χ1n) is 6.29. The van der Waals surface area contributed by atoms with Gasteiger partial charge in [0.1, 0.15) is 0 Å². The van der Waals surface area contributed by atoms with Crippen molar-refractivity contribution in [3.05, 3.63) is 22.7 Å². The molecule has 0 aromatic heterocycles. The molecule has 2 atom stereocenters. The average molecular weight is 303 g/mol. The largest absolute Gasteiger partial charge is 0.398 e. The maximum atomic E-state index is 12.6. The third-order valence-electron chi connectivity index (χ3n) is 3.95. The van der Waals surface area contributed by atoms with Gasteiger partial charge in [-0.05, 0) is 36.5 Å². The Morgan fingerprint density at radius 3 is 2.26 bits per heavy atom. The number of nitrogens with zero attached hydrogens (tertiary/aromatic N) is 1. The number of hydrogen-bond acceptors (Lipinski definition) is 3. The fraction of sp³-hybridized carbons (Fsp3) is 0.538. The lowest BCUT2D eigenvalue weighted by molar-refractivity contribution is 0.463. The van der Waals surface area contributed by atoms with Crippen LogP contribution in [0.1, 0.15) is 19.4 Å². The molecule has 1 saturated heterocycles. The molecular weight excluding hydrogens is 284 g/mol. The van der Waals surface area contributed by atoms with Crippen molar-refractivity contribution >= 4 is 27.3 Å². The molecule has 2 rings (SSSR count). The van der Waals surface area contributed by atoms with E-state index in [0.29, 0.717) is 41.2 Å². The third-order valence-corrected chi connectivity index (χ3v) is 6.15. The van der Waals surface area contributed by atoms with E-state index in [0.717, 1.165) is 0 Å². The van der Waals surface area contributed by atoms with Crippen LogP contribution in [0.5, 0.6) is 0 Å². The lowest BCUT2D eigenvalue weighted by atomic mass is 10.0. The van der Waals surface area contributed by atoms with E-state index in [2.05, 4.69) is 13.8 Å². The molecule has 1 aromatic rings. The standard InChI is InChI=1S/C13H19ClN2O2S/c1-8-6-16(7-9(8)2)19(17,18)11-4-12(14)10(3)13(15)5-11/h4-5,8-9H,6-7,15H2,1-3H3. The van der Waals surface area contributed by atoms with E-state index in [4.69, 9.17) is 17.3 Å². The predicted octanol–water partition coefficient (Wildman–Crippen LogP) is 2.51. The van der Waals surface area contributed by atoms with Crippen molar-refractivity contribution in [3.8, 4) is 0 Å². The quantitative estimate of drug-likeness (QED) is 0.854. The second-order valence-electron chi connectivity index (χ2n) is 5.40. The summed E-state index contributed by atoms with van der Waals surface area (Å²) < 4.78 is 26.6. The molecule has 0 aliphatic carbocycles. The van der Waals surface area contributed by atoms with Gasteiger partial charge in [-0.25, -0.2) is 8.42 Å². The molecule has 4 nitrogen and oxygen atoms in total. The van der Waals surface area contributed by atoms with Crippen molar-refractivity contribution in [2.45, 2.75) is 25.7 Å². The summed E-state index contributed by atoms with van der Waals surface area (Å²) in [5.74, 6) is 0.737. The van der Waals surface area contributed by atoms with E-state index in [1.165, 1.54) is 16.4 Å². The minimum Gasteiger partial charge on any atom is -0.398 e. The van der Waals surface area contributed by atoms with Gasteiger partial charge in [-0.1, -0.05) is 25.4 Å². The Hall–Kier alpha value is -0.780. The van der Waals surface area contributed by atoms with Crippen LogP contribution in [0.15, 0.2) is 17.0 Å². The first-order valence-corrected chi connectivity index (χ1v) is 8.11. The minimum absolute atomic E-state index is 0.182. The van der Waals surface area contributed by atoms with Crippen molar-refractivity contribution in [2.24, 2.45) is 11.8 Å². The molecule has 0 amide bonds. The molecule has 106 valence electrons. The van der Waals surface area contributed by atoms with Gasteiger partial charge in [0.2, 0.25) is 10.0 Å². The first kappa shape index (κ1) is 14.6. The van der Waals surface area contributed by atoms with E-state index in [1.54, 1.807) is 6.92 Å². The monoisotopic (exact) mass is 302 g/mol. The Balaban J connectivity index is 2.41. The van der Waals surface area contributed by atoms with E-state index in [-0.39, 0.29) is 4.90 Å². The Kier molecular flexibility index (Phi) is 3.82. The highest BCUT2D eigenvalue weighted by molar-refractivity contribution is 7.89. The van der Waals surface area contributed by atoms with Crippen LogP contribution in [0.4, 0.5) is 5.69 Å². The Labute approximate surface area is 119 Å². The van der Waals surface area contributed by atoms with Crippen molar-refractivity contribution in [1.29, 1.82) is 0 Å². The van der Waals surface area contributed by atoms with Gasteiger partial charge in [0.05, 0.1) is 4.90 Å². The van der Waals surface area contributed by atoms with Crippen molar-refractivity contribution in [3.63, 3.8) is 0 Å². The summed E-state index contributed by atoms with van der Waals surface area (Å²) in [6.07, 6.45) is 0. The summed E-state index contributed by atoms with van der Waals surface area (Å²) in [6.45, 7) is 7.01. The zero-order valence-electron chi connectivity index (χ0n) is 11.4. The molecule has 0 saturated carbocycles. The third kappa shape index (κ3) is 2.59. The topological polar surface area (TPSA) is 63.4 Å². The first-order chi connectivity index (χ1) is 8.73. The highest BCUT2D eigenvalue weighted by Crippen LogP contribution is 2.31. The number of nitrogens with two attached hydrogens (primary N) is 1. The Morgan fingerprint density at radius 2 is 1.79 bits per heavy atom. The van der Waals surface area contributed by atoms with Gasteiger partial charge >= 0.3 is 0 Å². The summed E-state index contributed by atoms with van der Waals surface area (Å²) in [6, 6.07) is 2.97. The van der Waals surface area contributed by atoms with Gasteiger partial charge in [-0.15, -0.1) is 0 Å². The number of nitrogen functional groups attached to an aromatic ring is 1. The number of halogens is 1. The van der Waals surface area contributed by atoms with Gasteiger partial charge in [0.15, 0.2) is 0 Å². The van der Waals surface area contributed by atoms with E-state index >= 15 is 0 Å². The van der Waals surface area contributed by atoms with E-state index in [1.807, 2.05) is 0 Å². The van der Waals surface area contributed by atoms with Crippen LogP contribution < -0.4 is 5.73 Å². The van der Waals surface area contributed by atoms with Crippen LogP contribution >= 0.6 is 11.6 Å². The number of benzene rings is 1. The maximum absolute atomic E-state index is 12.6. The molecule has 1 fully saturated rings. The normalized spacial score (nSPS) is 24.8. The molecule has 1 aliphatic heterocycles. The smallest absolute Gasteiger partial charge is 0.243 e. The molecule has 2 N–H and O–H groups in total. The van der Waals surface area contributed by atoms with Gasteiger partial charge < -0.3 is 5.73 Å². The molecule has 1 heterocycles. The van der Waals surface area contributed by atoms with Crippen LogP contribution in [0.25, 0.3) is 0 Å². The molecule has 1 aromatic carbocycles. The van der Waals surface area contributed by atoms with Crippen LogP contribution in [-0.4, -0.2) is 25.8 Å².